The second-order valence-electron chi connectivity index (χ2n) is 7.82. The van der Waals surface area contributed by atoms with Crippen molar-refractivity contribution in [1.82, 2.24) is 29.7 Å². The van der Waals surface area contributed by atoms with E-state index in [2.05, 4.69) is 39.8 Å². The third-order valence-corrected chi connectivity index (χ3v) is 6.77. The Kier molecular flexibility index (Phi) is 4.84. The molecule has 1 amide bonds. The van der Waals surface area contributed by atoms with Gasteiger partial charge in [-0.3, -0.25) is 13.9 Å². The summed E-state index contributed by atoms with van der Waals surface area (Å²) in [5, 5.41) is 18.2. The van der Waals surface area contributed by atoms with Gasteiger partial charge in [0.25, 0.3) is 5.91 Å². The average molecular weight is 453 g/mol. The summed E-state index contributed by atoms with van der Waals surface area (Å²) in [7, 11) is 0. The lowest BCUT2D eigenvalue weighted by atomic mass is 10.2. The van der Waals surface area contributed by atoms with Crippen LogP contribution in [0.15, 0.2) is 79.0 Å². The van der Waals surface area contributed by atoms with Crippen LogP contribution in [0.1, 0.15) is 21.2 Å². The lowest BCUT2D eigenvalue weighted by molar-refractivity contribution is 0.0949. The number of hydrogen-bond donors (Lipinski definition) is 1. The van der Waals surface area contributed by atoms with Gasteiger partial charge in [-0.05, 0) is 35.7 Å². The minimum absolute atomic E-state index is 0.185. The fourth-order valence-corrected chi connectivity index (χ4v) is 5.16. The van der Waals surface area contributed by atoms with Crippen molar-refractivity contribution >= 4 is 43.9 Å². The van der Waals surface area contributed by atoms with Gasteiger partial charge in [-0.2, -0.15) is 5.10 Å². The summed E-state index contributed by atoms with van der Waals surface area (Å²) in [6.45, 7) is 1.07. The highest BCUT2D eigenvalue weighted by atomic mass is 32.1. The van der Waals surface area contributed by atoms with Crippen molar-refractivity contribution in [2.45, 2.75) is 13.0 Å². The Morgan fingerprint density at radius 2 is 1.82 bits per heavy atom. The minimum Gasteiger partial charge on any atom is -0.350 e. The van der Waals surface area contributed by atoms with Gasteiger partial charge in [-0.25, -0.2) is 0 Å². The summed E-state index contributed by atoms with van der Waals surface area (Å²) in [6.07, 6.45) is 2.51. The summed E-state index contributed by atoms with van der Waals surface area (Å²) in [4.78, 5) is 14.2. The van der Waals surface area contributed by atoms with Gasteiger partial charge < -0.3 is 5.32 Å². The third kappa shape index (κ3) is 3.64. The summed E-state index contributed by atoms with van der Waals surface area (Å²) in [5.74, 6) is 0.626. The largest absolute Gasteiger partial charge is 0.350 e. The molecule has 1 N–H and O–H groups in total. The van der Waals surface area contributed by atoms with Crippen LogP contribution in [-0.4, -0.2) is 36.8 Å². The highest BCUT2D eigenvalue weighted by molar-refractivity contribution is 7.19. The smallest absolute Gasteiger partial charge is 0.272 e. The molecular weight excluding hydrogens is 432 g/mol. The summed E-state index contributed by atoms with van der Waals surface area (Å²) in [5.41, 5.74) is 2.19. The van der Waals surface area contributed by atoms with Crippen LogP contribution < -0.4 is 5.32 Å². The van der Waals surface area contributed by atoms with Gasteiger partial charge in [-0.1, -0.05) is 42.5 Å². The fraction of sp³-hybridized carbons (Fsp3) is 0.120. The number of amides is 1. The first-order chi connectivity index (χ1) is 16.3. The van der Waals surface area contributed by atoms with Crippen molar-refractivity contribution in [1.29, 1.82) is 0 Å². The van der Waals surface area contributed by atoms with Crippen molar-refractivity contribution < 1.29 is 4.79 Å². The van der Waals surface area contributed by atoms with Crippen molar-refractivity contribution in [3.8, 4) is 0 Å². The Hall–Kier alpha value is -4.04. The maximum atomic E-state index is 13.0. The molecule has 7 nitrogen and oxygen atoms in total. The Labute approximate surface area is 193 Å². The number of pyridine rings is 1. The molecule has 0 radical (unpaired) electrons. The molecule has 0 spiro atoms. The third-order valence-electron chi connectivity index (χ3n) is 5.67. The van der Waals surface area contributed by atoms with Crippen LogP contribution in [-0.2, 0) is 13.0 Å². The molecular formula is C25H20N6OS. The molecule has 0 fully saturated rings. The van der Waals surface area contributed by atoms with Crippen LogP contribution in [0.3, 0.4) is 0 Å². The molecule has 0 saturated carbocycles. The molecule has 0 bridgehead atoms. The molecule has 0 aliphatic rings. The molecule has 8 heteroatoms. The molecule has 6 rings (SSSR count). The van der Waals surface area contributed by atoms with Gasteiger partial charge in [0, 0.05) is 34.1 Å². The van der Waals surface area contributed by atoms with E-state index in [0.717, 1.165) is 22.4 Å². The Morgan fingerprint density at radius 3 is 2.76 bits per heavy atom. The number of benzene rings is 2. The first kappa shape index (κ1) is 19.6. The second kappa shape index (κ2) is 8.14. The van der Waals surface area contributed by atoms with Gasteiger partial charge in [0.15, 0.2) is 11.3 Å². The molecule has 162 valence electrons. The first-order valence-electron chi connectivity index (χ1n) is 10.8. The number of carbonyl (C=O) groups excluding carboxylic acids is 1. The van der Waals surface area contributed by atoms with Crippen molar-refractivity contribution in [2.24, 2.45) is 0 Å². The predicted molar refractivity (Wildman–Crippen MR) is 130 cm³/mol. The minimum atomic E-state index is -0.185. The van der Waals surface area contributed by atoms with E-state index in [1.165, 1.54) is 15.0 Å². The van der Waals surface area contributed by atoms with E-state index in [-0.39, 0.29) is 5.91 Å². The molecule has 0 saturated heterocycles. The normalized spacial score (nSPS) is 11.5. The zero-order valence-electron chi connectivity index (χ0n) is 17.7. The van der Waals surface area contributed by atoms with Crippen LogP contribution in [0, 0.1) is 0 Å². The number of aromatic nitrogens is 5. The van der Waals surface area contributed by atoms with Gasteiger partial charge >= 0.3 is 0 Å². The van der Waals surface area contributed by atoms with Crippen LogP contribution in [0.2, 0.25) is 0 Å². The topological polar surface area (TPSA) is 77.1 Å². The van der Waals surface area contributed by atoms with E-state index in [4.69, 9.17) is 5.10 Å². The van der Waals surface area contributed by atoms with E-state index in [9.17, 15) is 4.79 Å². The summed E-state index contributed by atoms with van der Waals surface area (Å²) >= 11 is 1.75. The van der Waals surface area contributed by atoms with Gasteiger partial charge in [0.1, 0.15) is 5.82 Å². The zero-order chi connectivity index (χ0) is 22.2. The lowest BCUT2D eigenvalue weighted by Crippen LogP contribution is -2.27. The number of carbonyl (C=O) groups is 1. The first-order valence-corrected chi connectivity index (χ1v) is 11.6. The second-order valence-corrected chi connectivity index (χ2v) is 8.99. The van der Waals surface area contributed by atoms with Gasteiger partial charge in [0.2, 0.25) is 0 Å². The number of thiophene rings is 1. The number of nitrogens with zero attached hydrogens (tertiary/aromatic N) is 5. The quantitative estimate of drug-likeness (QED) is 0.408. The molecule has 0 aliphatic carbocycles. The summed E-state index contributed by atoms with van der Waals surface area (Å²) in [6, 6.07) is 24.2. The fourth-order valence-electron chi connectivity index (χ4n) is 4.11. The van der Waals surface area contributed by atoms with Crippen LogP contribution in [0.5, 0.6) is 0 Å². The number of hydrogen-bond acceptors (Lipinski definition) is 5. The van der Waals surface area contributed by atoms with E-state index < -0.39 is 0 Å². The Bertz CT molecular complexity index is 1580. The number of rotatable bonds is 6. The van der Waals surface area contributed by atoms with E-state index in [0.29, 0.717) is 25.2 Å². The molecule has 6 aromatic rings. The zero-order valence-corrected chi connectivity index (χ0v) is 18.5. The standard InChI is InChI=1S/C25H20N6OS/c32-25(26-13-12-23-28-27-22-11-5-6-14-30(22)23)24-19-8-2-3-9-20(19)31(29-24)16-18-15-17-7-1-4-10-21(17)33-18/h1-11,14-15H,12-13,16H2,(H,26,32). The maximum Gasteiger partial charge on any atom is 0.272 e. The van der Waals surface area contributed by atoms with Crippen LogP contribution >= 0.6 is 11.3 Å². The Morgan fingerprint density at radius 1 is 0.970 bits per heavy atom. The molecule has 4 heterocycles. The maximum absolute atomic E-state index is 13.0. The van der Waals surface area contributed by atoms with Crippen LogP contribution in [0.4, 0.5) is 0 Å². The monoisotopic (exact) mass is 452 g/mol. The van der Waals surface area contributed by atoms with E-state index in [1.807, 2.05) is 63.8 Å². The van der Waals surface area contributed by atoms with Gasteiger partial charge in [0.05, 0.1) is 12.1 Å². The molecule has 0 atom stereocenters. The van der Waals surface area contributed by atoms with Crippen LogP contribution in [0.25, 0.3) is 26.6 Å². The average Bonchev–Trinajstić information content (AvgIpc) is 3.55. The number of nitrogens with one attached hydrogen (secondary N) is 1. The van der Waals surface area contributed by atoms with Crippen molar-refractivity contribution in [3.05, 3.63) is 95.4 Å². The predicted octanol–water partition coefficient (Wildman–Crippen LogP) is 4.31. The van der Waals surface area contributed by atoms with Crippen molar-refractivity contribution in [2.75, 3.05) is 6.54 Å². The molecule has 0 unspecified atom stereocenters. The molecule has 4 aromatic heterocycles. The highest BCUT2D eigenvalue weighted by Gasteiger charge is 2.18. The molecule has 2 aromatic carbocycles. The van der Waals surface area contributed by atoms with Crippen molar-refractivity contribution in [3.63, 3.8) is 0 Å². The lowest BCUT2D eigenvalue weighted by Gasteiger charge is -2.03. The highest BCUT2D eigenvalue weighted by Crippen LogP contribution is 2.27. The summed E-state index contributed by atoms with van der Waals surface area (Å²) < 4.78 is 5.10. The van der Waals surface area contributed by atoms with E-state index in [1.54, 1.807) is 11.3 Å². The molecule has 0 aliphatic heterocycles. The van der Waals surface area contributed by atoms with E-state index >= 15 is 0 Å². The number of para-hydroxylation sites is 1. The van der Waals surface area contributed by atoms with Gasteiger partial charge in [-0.15, -0.1) is 21.5 Å². The number of fused-ring (bicyclic) bond motifs is 3. The SMILES string of the molecule is O=C(NCCc1nnc2ccccn12)c1nn(Cc2cc3ccccc3s2)c2ccccc12. The Balaban J connectivity index is 1.23. The molecule has 33 heavy (non-hydrogen) atoms.